The number of hydrogen-bond donors (Lipinski definition) is 2. The zero-order valence-corrected chi connectivity index (χ0v) is 19.0. The van der Waals surface area contributed by atoms with Crippen LogP contribution in [-0.4, -0.2) is 50.3 Å². The molecule has 9 heteroatoms. The van der Waals surface area contributed by atoms with E-state index in [0.717, 1.165) is 30.5 Å². The van der Waals surface area contributed by atoms with Gasteiger partial charge < -0.3 is 16.0 Å². The Bertz CT molecular complexity index is 929. The van der Waals surface area contributed by atoms with Gasteiger partial charge in [-0.3, -0.25) is 9.59 Å². The van der Waals surface area contributed by atoms with E-state index in [1.165, 1.54) is 19.3 Å². The van der Waals surface area contributed by atoms with Crippen LogP contribution < -0.4 is 11.1 Å². The summed E-state index contributed by atoms with van der Waals surface area (Å²) in [5.74, 6) is 0.264. The molecule has 2 amide bonds. The number of carbonyl (C=O) groups is 2. The van der Waals surface area contributed by atoms with Crippen LogP contribution in [0.4, 0.5) is 0 Å². The van der Waals surface area contributed by atoms with Crippen LogP contribution in [-0.2, 0) is 16.1 Å². The molecule has 1 aromatic heterocycles. The van der Waals surface area contributed by atoms with E-state index in [4.69, 9.17) is 17.3 Å². The van der Waals surface area contributed by atoms with E-state index in [2.05, 4.69) is 15.6 Å². The molecule has 2 aliphatic rings. The minimum absolute atomic E-state index is 0.0979. The molecule has 1 saturated carbocycles. The Labute approximate surface area is 193 Å². The summed E-state index contributed by atoms with van der Waals surface area (Å²) in [6.45, 7) is 0.859. The van der Waals surface area contributed by atoms with Crippen molar-refractivity contribution in [2.75, 3.05) is 6.54 Å². The molecule has 1 aliphatic heterocycles. The first kappa shape index (κ1) is 22.7. The molecular weight excluding hydrogens is 428 g/mol. The number of aromatic nitrogens is 3. The van der Waals surface area contributed by atoms with E-state index in [0.29, 0.717) is 30.3 Å². The molecule has 4 rings (SSSR count). The molecule has 3 N–H and O–H groups in total. The van der Waals surface area contributed by atoms with E-state index in [-0.39, 0.29) is 18.4 Å². The predicted molar refractivity (Wildman–Crippen MR) is 122 cm³/mol. The number of rotatable bonds is 7. The Balaban J connectivity index is 1.38. The summed E-state index contributed by atoms with van der Waals surface area (Å²) < 4.78 is 1.63. The summed E-state index contributed by atoms with van der Waals surface area (Å²) in [7, 11) is 0. The molecule has 1 aliphatic carbocycles. The number of amides is 2. The van der Waals surface area contributed by atoms with Gasteiger partial charge in [0.05, 0.1) is 24.1 Å². The number of likely N-dealkylation sites (tertiary alicyclic amines) is 1. The summed E-state index contributed by atoms with van der Waals surface area (Å²) >= 11 is 6.18. The zero-order chi connectivity index (χ0) is 22.5. The predicted octanol–water partition coefficient (Wildman–Crippen LogP) is 2.83. The number of nitrogens with one attached hydrogen (secondary N) is 1. The number of carbonyl (C=O) groups excluding carboxylic acids is 2. The topological polar surface area (TPSA) is 106 Å². The molecule has 172 valence electrons. The van der Waals surface area contributed by atoms with Gasteiger partial charge >= 0.3 is 0 Å². The maximum Gasteiger partial charge on any atom is 0.243 e. The molecule has 0 spiro atoms. The molecule has 2 aromatic rings. The fourth-order valence-electron chi connectivity index (χ4n) is 4.95. The third-order valence-corrected chi connectivity index (χ3v) is 6.87. The van der Waals surface area contributed by atoms with Crippen LogP contribution in [0.3, 0.4) is 0 Å². The van der Waals surface area contributed by atoms with E-state index < -0.39 is 12.1 Å². The highest BCUT2D eigenvalue weighted by Gasteiger charge is 2.36. The molecule has 0 bridgehead atoms. The smallest absolute Gasteiger partial charge is 0.243 e. The van der Waals surface area contributed by atoms with Gasteiger partial charge in [-0.2, -0.15) is 0 Å². The molecule has 32 heavy (non-hydrogen) atoms. The van der Waals surface area contributed by atoms with Crippen molar-refractivity contribution < 1.29 is 9.59 Å². The standard InChI is InChI=1S/C23H31ClN6O2/c24-18-8-9-20(30-12-10-27-28-30)17(14-18)15-26-22(31)21-7-4-11-29(21)23(32)19(25)13-16-5-2-1-3-6-16/h8-10,12,14,16,19,21H,1-7,11,13,15,25H2,(H,26,31)/t19-,21+/m1/s1. The Morgan fingerprint density at radius 2 is 2.00 bits per heavy atom. The Kier molecular flexibility index (Phi) is 7.42. The largest absolute Gasteiger partial charge is 0.350 e. The van der Waals surface area contributed by atoms with Crippen molar-refractivity contribution in [3.05, 3.63) is 41.2 Å². The Morgan fingerprint density at radius 1 is 1.19 bits per heavy atom. The van der Waals surface area contributed by atoms with Crippen molar-refractivity contribution in [2.24, 2.45) is 11.7 Å². The number of benzene rings is 1. The van der Waals surface area contributed by atoms with Crippen LogP contribution in [0.1, 0.15) is 56.9 Å². The summed E-state index contributed by atoms with van der Waals surface area (Å²) in [5.41, 5.74) is 7.91. The van der Waals surface area contributed by atoms with Crippen LogP contribution in [0, 0.1) is 5.92 Å². The lowest BCUT2D eigenvalue weighted by atomic mass is 9.84. The van der Waals surface area contributed by atoms with Gasteiger partial charge in [0.25, 0.3) is 0 Å². The molecule has 1 aromatic carbocycles. The highest BCUT2D eigenvalue weighted by molar-refractivity contribution is 6.30. The van der Waals surface area contributed by atoms with Crippen molar-refractivity contribution >= 4 is 23.4 Å². The first-order valence-corrected chi connectivity index (χ1v) is 11.9. The first-order chi connectivity index (χ1) is 15.5. The second-order valence-electron chi connectivity index (χ2n) is 8.87. The third kappa shape index (κ3) is 5.30. The van der Waals surface area contributed by atoms with Crippen molar-refractivity contribution in [1.82, 2.24) is 25.2 Å². The van der Waals surface area contributed by atoms with Gasteiger partial charge in [-0.1, -0.05) is 48.9 Å². The van der Waals surface area contributed by atoms with E-state index in [1.54, 1.807) is 34.1 Å². The summed E-state index contributed by atoms with van der Waals surface area (Å²) in [6.07, 6.45) is 11.5. The van der Waals surface area contributed by atoms with E-state index in [1.807, 2.05) is 6.07 Å². The van der Waals surface area contributed by atoms with Gasteiger partial charge in [-0.25, -0.2) is 4.68 Å². The summed E-state index contributed by atoms with van der Waals surface area (Å²) in [4.78, 5) is 27.7. The average Bonchev–Trinajstić information content (AvgIpc) is 3.50. The van der Waals surface area contributed by atoms with E-state index in [9.17, 15) is 9.59 Å². The fraction of sp³-hybridized carbons (Fsp3) is 0.565. The van der Waals surface area contributed by atoms with Gasteiger partial charge in [0.15, 0.2) is 0 Å². The fourth-order valence-corrected chi connectivity index (χ4v) is 5.15. The third-order valence-electron chi connectivity index (χ3n) is 6.63. The summed E-state index contributed by atoms with van der Waals surface area (Å²) in [5, 5.41) is 11.4. The monoisotopic (exact) mass is 458 g/mol. The van der Waals surface area contributed by atoms with Crippen molar-refractivity contribution in [3.63, 3.8) is 0 Å². The number of nitrogens with two attached hydrogens (primary N) is 1. The molecule has 2 heterocycles. The van der Waals surface area contributed by atoms with Crippen LogP contribution >= 0.6 is 11.6 Å². The molecule has 2 atom stereocenters. The minimum Gasteiger partial charge on any atom is -0.350 e. The molecule has 0 radical (unpaired) electrons. The van der Waals surface area contributed by atoms with Crippen molar-refractivity contribution in [1.29, 1.82) is 0 Å². The van der Waals surface area contributed by atoms with Crippen LogP contribution in [0.2, 0.25) is 5.02 Å². The maximum atomic E-state index is 13.0. The van der Waals surface area contributed by atoms with Crippen molar-refractivity contribution in [2.45, 2.75) is 70.0 Å². The second-order valence-corrected chi connectivity index (χ2v) is 9.31. The van der Waals surface area contributed by atoms with Crippen LogP contribution in [0.15, 0.2) is 30.6 Å². The normalized spacial score (nSPS) is 20.3. The van der Waals surface area contributed by atoms with Crippen LogP contribution in [0.5, 0.6) is 0 Å². The highest BCUT2D eigenvalue weighted by Crippen LogP contribution is 2.28. The first-order valence-electron chi connectivity index (χ1n) is 11.5. The number of hydrogen-bond acceptors (Lipinski definition) is 5. The number of nitrogens with zero attached hydrogens (tertiary/aromatic N) is 4. The lowest BCUT2D eigenvalue weighted by molar-refractivity contribution is -0.139. The number of halogens is 1. The Hall–Kier alpha value is -2.45. The SMILES string of the molecule is N[C@H](CC1CCCCC1)C(=O)N1CCC[C@H]1C(=O)NCc1cc(Cl)ccc1-n1ccnn1. The quantitative estimate of drug-likeness (QED) is 0.663. The van der Waals surface area contributed by atoms with Gasteiger partial charge in [0, 0.05) is 18.1 Å². The lowest BCUT2D eigenvalue weighted by Gasteiger charge is -2.29. The van der Waals surface area contributed by atoms with E-state index >= 15 is 0 Å². The molecule has 0 unspecified atom stereocenters. The lowest BCUT2D eigenvalue weighted by Crippen LogP contribution is -2.51. The molecular formula is C23H31ClN6O2. The highest BCUT2D eigenvalue weighted by atomic mass is 35.5. The zero-order valence-electron chi connectivity index (χ0n) is 18.3. The van der Waals surface area contributed by atoms with Gasteiger partial charge in [-0.15, -0.1) is 5.10 Å². The van der Waals surface area contributed by atoms with Gasteiger partial charge in [0.2, 0.25) is 11.8 Å². The van der Waals surface area contributed by atoms with Gasteiger partial charge in [-0.05, 0) is 48.9 Å². The molecule has 8 nitrogen and oxygen atoms in total. The van der Waals surface area contributed by atoms with Crippen molar-refractivity contribution in [3.8, 4) is 5.69 Å². The second kappa shape index (κ2) is 10.4. The summed E-state index contributed by atoms with van der Waals surface area (Å²) in [6, 6.07) is 4.41. The Morgan fingerprint density at radius 3 is 2.75 bits per heavy atom. The average molecular weight is 459 g/mol. The minimum atomic E-state index is -0.529. The van der Waals surface area contributed by atoms with Gasteiger partial charge in [0.1, 0.15) is 6.04 Å². The van der Waals surface area contributed by atoms with Crippen LogP contribution in [0.25, 0.3) is 5.69 Å². The molecule has 2 fully saturated rings. The maximum absolute atomic E-state index is 13.0. The molecule has 1 saturated heterocycles.